The maximum atomic E-state index is 6.21. The van der Waals surface area contributed by atoms with E-state index in [1.165, 1.54) is 5.56 Å². The molecule has 1 aliphatic heterocycles. The number of nitrogens with two attached hydrogens (primary N) is 1. The first kappa shape index (κ1) is 14.8. The summed E-state index contributed by atoms with van der Waals surface area (Å²) in [5.74, 6) is 0. The molecule has 4 heteroatoms. The molecular weight excluding hydrogens is 260 g/mol. The van der Waals surface area contributed by atoms with Crippen LogP contribution in [0.1, 0.15) is 31.4 Å². The highest BCUT2D eigenvalue weighted by Gasteiger charge is 2.28. The molecule has 0 aromatic heterocycles. The SMILES string of the molecule is CC(N)C(c1ccc(Cl)cc1)N(C)C1CCOCC1. The Hall–Kier alpha value is -0.610. The Labute approximate surface area is 120 Å². The van der Waals surface area contributed by atoms with E-state index in [2.05, 4.69) is 31.0 Å². The molecule has 0 saturated carbocycles. The lowest BCUT2D eigenvalue weighted by Crippen LogP contribution is -2.45. The molecule has 2 N–H and O–H groups in total. The number of likely N-dealkylation sites (N-methyl/N-ethyl adjacent to an activating group) is 1. The van der Waals surface area contributed by atoms with Gasteiger partial charge in [-0.1, -0.05) is 23.7 Å². The molecule has 2 atom stereocenters. The van der Waals surface area contributed by atoms with Gasteiger partial charge in [-0.25, -0.2) is 0 Å². The van der Waals surface area contributed by atoms with Crippen molar-refractivity contribution in [2.75, 3.05) is 20.3 Å². The third-order valence-corrected chi connectivity index (χ3v) is 4.17. The average molecular weight is 283 g/mol. The zero-order valence-electron chi connectivity index (χ0n) is 11.7. The highest BCUT2D eigenvalue weighted by molar-refractivity contribution is 6.30. The van der Waals surface area contributed by atoms with Crippen LogP contribution in [-0.2, 0) is 4.74 Å². The van der Waals surface area contributed by atoms with Crippen molar-refractivity contribution in [1.82, 2.24) is 4.90 Å². The summed E-state index contributed by atoms with van der Waals surface area (Å²) in [5, 5.41) is 0.765. The van der Waals surface area contributed by atoms with Crippen LogP contribution in [0.3, 0.4) is 0 Å². The molecule has 106 valence electrons. The molecule has 19 heavy (non-hydrogen) atoms. The van der Waals surface area contributed by atoms with Gasteiger partial charge in [-0.3, -0.25) is 4.90 Å². The van der Waals surface area contributed by atoms with Crippen molar-refractivity contribution in [2.45, 2.75) is 37.9 Å². The second kappa shape index (κ2) is 6.71. The van der Waals surface area contributed by atoms with Gasteiger partial charge in [-0.2, -0.15) is 0 Å². The summed E-state index contributed by atoms with van der Waals surface area (Å²) in [6.45, 7) is 3.76. The van der Waals surface area contributed by atoms with Crippen molar-refractivity contribution < 1.29 is 4.74 Å². The van der Waals surface area contributed by atoms with Gasteiger partial charge >= 0.3 is 0 Å². The minimum atomic E-state index is 0.0778. The largest absolute Gasteiger partial charge is 0.381 e. The summed E-state index contributed by atoms with van der Waals surface area (Å²) in [6, 6.07) is 8.86. The van der Waals surface area contributed by atoms with E-state index in [1.807, 2.05) is 12.1 Å². The number of rotatable bonds is 4. The zero-order valence-corrected chi connectivity index (χ0v) is 12.4. The van der Waals surface area contributed by atoms with Crippen molar-refractivity contribution in [3.63, 3.8) is 0 Å². The van der Waals surface area contributed by atoms with Gasteiger partial charge in [-0.05, 0) is 44.5 Å². The molecule has 0 radical (unpaired) electrons. The van der Waals surface area contributed by atoms with E-state index in [-0.39, 0.29) is 12.1 Å². The lowest BCUT2D eigenvalue weighted by atomic mass is 9.96. The van der Waals surface area contributed by atoms with Crippen LogP contribution in [-0.4, -0.2) is 37.2 Å². The molecule has 0 aliphatic carbocycles. The number of hydrogen-bond acceptors (Lipinski definition) is 3. The number of benzene rings is 1. The van der Waals surface area contributed by atoms with Crippen LogP contribution >= 0.6 is 11.6 Å². The Balaban J connectivity index is 2.16. The molecule has 1 aromatic rings. The van der Waals surface area contributed by atoms with Crippen LogP contribution in [0.5, 0.6) is 0 Å². The van der Waals surface area contributed by atoms with E-state index >= 15 is 0 Å². The van der Waals surface area contributed by atoms with Crippen molar-refractivity contribution in [1.29, 1.82) is 0 Å². The molecule has 1 fully saturated rings. The molecule has 0 amide bonds. The van der Waals surface area contributed by atoms with Gasteiger partial charge in [0.1, 0.15) is 0 Å². The van der Waals surface area contributed by atoms with Gasteiger partial charge in [-0.15, -0.1) is 0 Å². The highest BCUT2D eigenvalue weighted by Crippen LogP contribution is 2.28. The van der Waals surface area contributed by atoms with Crippen LogP contribution in [0.15, 0.2) is 24.3 Å². The number of nitrogens with zero attached hydrogens (tertiary/aromatic N) is 1. The van der Waals surface area contributed by atoms with Gasteiger partial charge in [0.25, 0.3) is 0 Å². The van der Waals surface area contributed by atoms with E-state index in [9.17, 15) is 0 Å². The fraction of sp³-hybridized carbons (Fsp3) is 0.600. The standard InChI is InChI=1S/C15H23ClN2O/c1-11(17)15(12-3-5-13(16)6-4-12)18(2)14-7-9-19-10-8-14/h3-6,11,14-15H,7-10,17H2,1-2H3. The summed E-state index contributed by atoms with van der Waals surface area (Å²) in [5.41, 5.74) is 7.44. The van der Waals surface area contributed by atoms with Crippen LogP contribution in [0, 0.1) is 0 Å². The predicted molar refractivity (Wildman–Crippen MR) is 79.4 cm³/mol. The molecule has 1 saturated heterocycles. The topological polar surface area (TPSA) is 38.5 Å². The molecule has 1 heterocycles. The van der Waals surface area contributed by atoms with Crippen molar-refractivity contribution in [3.8, 4) is 0 Å². The summed E-state index contributed by atoms with van der Waals surface area (Å²) < 4.78 is 5.44. The fourth-order valence-corrected chi connectivity index (χ4v) is 3.02. The van der Waals surface area contributed by atoms with Gasteiger partial charge < -0.3 is 10.5 Å². The van der Waals surface area contributed by atoms with E-state index in [0.717, 1.165) is 31.1 Å². The Morgan fingerprint density at radius 2 is 1.84 bits per heavy atom. The molecular formula is C15H23ClN2O. The first-order valence-electron chi connectivity index (χ1n) is 6.90. The number of halogens is 1. The normalized spacial score (nSPS) is 20.5. The zero-order chi connectivity index (χ0) is 13.8. The van der Waals surface area contributed by atoms with Crippen LogP contribution < -0.4 is 5.73 Å². The molecule has 1 aliphatic rings. The minimum absolute atomic E-state index is 0.0778. The highest BCUT2D eigenvalue weighted by atomic mass is 35.5. The van der Waals surface area contributed by atoms with Crippen molar-refractivity contribution in [3.05, 3.63) is 34.9 Å². The quantitative estimate of drug-likeness (QED) is 0.923. The van der Waals surface area contributed by atoms with Gasteiger partial charge in [0, 0.05) is 36.4 Å². The second-order valence-electron chi connectivity index (χ2n) is 5.36. The number of ether oxygens (including phenoxy) is 1. The predicted octanol–water partition coefficient (Wildman–Crippen LogP) is 2.84. The minimum Gasteiger partial charge on any atom is -0.381 e. The molecule has 1 aromatic carbocycles. The molecule has 0 spiro atoms. The van der Waals surface area contributed by atoms with Gasteiger partial charge in [0.2, 0.25) is 0 Å². The third kappa shape index (κ3) is 3.69. The fourth-order valence-electron chi connectivity index (χ4n) is 2.89. The molecule has 3 nitrogen and oxygen atoms in total. The van der Waals surface area contributed by atoms with E-state index in [4.69, 9.17) is 22.1 Å². The summed E-state index contributed by atoms with van der Waals surface area (Å²) in [6.07, 6.45) is 2.15. The van der Waals surface area contributed by atoms with Crippen LogP contribution in [0.25, 0.3) is 0 Å². The van der Waals surface area contributed by atoms with Gasteiger partial charge in [0.05, 0.1) is 0 Å². The van der Waals surface area contributed by atoms with Crippen molar-refractivity contribution in [2.24, 2.45) is 5.73 Å². The van der Waals surface area contributed by atoms with E-state index < -0.39 is 0 Å². The van der Waals surface area contributed by atoms with E-state index in [0.29, 0.717) is 6.04 Å². The summed E-state index contributed by atoms with van der Waals surface area (Å²) in [4.78, 5) is 2.40. The Bertz CT molecular complexity index is 388. The average Bonchev–Trinajstić information content (AvgIpc) is 2.42. The second-order valence-corrected chi connectivity index (χ2v) is 5.80. The maximum Gasteiger partial charge on any atom is 0.0496 e. The first-order valence-corrected chi connectivity index (χ1v) is 7.28. The smallest absolute Gasteiger partial charge is 0.0496 e. The lowest BCUT2D eigenvalue weighted by molar-refractivity contribution is 0.0246. The summed E-state index contributed by atoms with van der Waals surface area (Å²) in [7, 11) is 2.17. The molecule has 0 bridgehead atoms. The molecule has 2 rings (SSSR count). The third-order valence-electron chi connectivity index (χ3n) is 3.92. The lowest BCUT2D eigenvalue weighted by Gasteiger charge is -2.39. The number of hydrogen-bond donors (Lipinski definition) is 1. The van der Waals surface area contributed by atoms with Crippen LogP contribution in [0.4, 0.5) is 0 Å². The van der Waals surface area contributed by atoms with Crippen LogP contribution in [0.2, 0.25) is 5.02 Å². The molecule has 2 unspecified atom stereocenters. The van der Waals surface area contributed by atoms with E-state index in [1.54, 1.807) is 0 Å². The Morgan fingerprint density at radius 3 is 2.37 bits per heavy atom. The maximum absolute atomic E-state index is 6.21. The first-order chi connectivity index (χ1) is 9.09. The monoisotopic (exact) mass is 282 g/mol. The van der Waals surface area contributed by atoms with Gasteiger partial charge in [0.15, 0.2) is 0 Å². The van der Waals surface area contributed by atoms with Crippen molar-refractivity contribution >= 4 is 11.6 Å². The summed E-state index contributed by atoms with van der Waals surface area (Å²) >= 11 is 5.96. The Kier molecular flexibility index (Phi) is 5.22. The Morgan fingerprint density at radius 1 is 1.26 bits per heavy atom.